The normalized spacial score (nSPS) is 16.1. The van der Waals surface area contributed by atoms with Crippen LogP contribution >= 0.6 is 0 Å². The SMILES string of the molecule is CC[C@@H](OC(=O)[C@H]1CC(=O)N(c2ccc(Oc3cc(C)ccc3C(C)C)cc2)C1)C(=O)c1ccccc1. The summed E-state index contributed by atoms with van der Waals surface area (Å²) in [6.45, 7) is 8.29. The molecule has 0 aliphatic carbocycles. The molecule has 3 aromatic carbocycles. The fourth-order valence-corrected chi connectivity index (χ4v) is 4.49. The Balaban J connectivity index is 1.41. The molecule has 2 atom stereocenters. The average Bonchev–Trinajstić information content (AvgIpc) is 3.29. The summed E-state index contributed by atoms with van der Waals surface area (Å²) >= 11 is 0. The highest BCUT2D eigenvalue weighted by Gasteiger charge is 2.37. The molecule has 1 fully saturated rings. The Morgan fingerprint density at radius 1 is 1.00 bits per heavy atom. The van der Waals surface area contributed by atoms with Gasteiger partial charge in [0.15, 0.2) is 6.10 Å². The van der Waals surface area contributed by atoms with E-state index in [0.29, 0.717) is 29.3 Å². The Morgan fingerprint density at radius 2 is 1.70 bits per heavy atom. The van der Waals surface area contributed by atoms with Gasteiger partial charge in [0.2, 0.25) is 11.7 Å². The van der Waals surface area contributed by atoms with Gasteiger partial charge in [0.1, 0.15) is 11.5 Å². The van der Waals surface area contributed by atoms with Crippen LogP contribution in [0.3, 0.4) is 0 Å². The standard InChI is InChI=1S/C31H33NO5/c1-5-27(30(34)22-9-7-6-8-10-22)37-31(35)23-18-29(33)32(19-23)24-12-14-25(15-13-24)36-28-17-21(4)11-16-26(28)20(2)3/h6-17,20,23,27H,5,18-19H2,1-4H3/t23-,27+/m0/s1. The van der Waals surface area contributed by atoms with Crippen LogP contribution in [0, 0.1) is 12.8 Å². The van der Waals surface area contributed by atoms with Crippen LogP contribution < -0.4 is 9.64 Å². The smallest absolute Gasteiger partial charge is 0.312 e. The summed E-state index contributed by atoms with van der Waals surface area (Å²) in [4.78, 5) is 40.0. The van der Waals surface area contributed by atoms with Crippen molar-refractivity contribution in [3.8, 4) is 11.5 Å². The van der Waals surface area contributed by atoms with E-state index in [1.54, 1.807) is 36.1 Å². The van der Waals surface area contributed by atoms with E-state index in [1.807, 2.05) is 43.3 Å². The number of aryl methyl sites for hydroxylation is 1. The fraction of sp³-hybridized carbons (Fsp3) is 0.323. The fourth-order valence-electron chi connectivity index (χ4n) is 4.49. The molecule has 0 radical (unpaired) electrons. The van der Waals surface area contributed by atoms with E-state index in [2.05, 4.69) is 26.0 Å². The van der Waals surface area contributed by atoms with Crippen molar-refractivity contribution in [2.24, 2.45) is 5.92 Å². The average molecular weight is 500 g/mol. The minimum atomic E-state index is -0.868. The van der Waals surface area contributed by atoms with Crippen LogP contribution in [0.2, 0.25) is 0 Å². The molecular weight excluding hydrogens is 466 g/mol. The summed E-state index contributed by atoms with van der Waals surface area (Å²) < 4.78 is 11.7. The van der Waals surface area contributed by atoms with Gasteiger partial charge in [0, 0.05) is 24.2 Å². The Kier molecular flexibility index (Phi) is 8.07. The van der Waals surface area contributed by atoms with E-state index in [0.717, 1.165) is 16.9 Å². The third-order valence-electron chi connectivity index (χ3n) is 6.61. The van der Waals surface area contributed by atoms with Crippen LogP contribution in [0.5, 0.6) is 11.5 Å². The number of benzene rings is 3. The maximum absolute atomic E-state index is 12.9. The van der Waals surface area contributed by atoms with Gasteiger partial charge < -0.3 is 14.4 Å². The van der Waals surface area contributed by atoms with Crippen molar-refractivity contribution in [3.05, 3.63) is 89.5 Å². The zero-order valence-corrected chi connectivity index (χ0v) is 21.8. The van der Waals surface area contributed by atoms with E-state index >= 15 is 0 Å². The predicted octanol–water partition coefficient (Wildman–Crippen LogP) is 6.47. The van der Waals surface area contributed by atoms with Gasteiger partial charge in [-0.25, -0.2) is 0 Å². The van der Waals surface area contributed by atoms with Crippen molar-refractivity contribution in [2.75, 3.05) is 11.4 Å². The van der Waals surface area contributed by atoms with E-state index < -0.39 is 18.0 Å². The van der Waals surface area contributed by atoms with Gasteiger partial charge >= 0.3 is 5.97 Å². The second kappa shape index (κ2) is 11.4. The maximum Gasteiger partial charge on any atom is 0.312 e. The van der Waals surface area contributed by atoms with Crippen LogP contribution in [-0.2, 0) is 14.3 Å². The summed E-state index contributed by atoms with van der Waals surface area (Å²) in [5.74, 6) is 0.280. The monoisotopic (exact) mass is 499 g/mol. The highest BCUT2D eigenvalue weighted by molar-refractivity contribution is 6.02. The first-order valence-corrected chi connectivity index (χ1v) is 12.8. The predicted molar refractivity (Wildman–Crippen MR) is 143 cm³/mol. The second-order valence-corrected chi connectivity index (χ2v) is 9.76. The van der Waals surface area contributed by atoms with Crippen LogP contribution in [0.25, 0.3) is 0 Å². The number of carbonyl (C=O) groups is 3. The molecule has 192 valence electrons. The van der Waals surface area contributed by atoms with Crippen molar-refractivity contribution in [1.29, 1.82) is 0 Å². The molecule has 6 heteroatoms. The lowest BCUT2D eigenvalue weighted by Gasteiger charge is -2.19. The molecule has 1 saturated heterocycles. The number of hydrogen-bond donors (Lipinski definition) is 0. The Bertz CT molecular complexity index is 1270. The van der Waals surface area contributed by atoms with Gasteiger partial charge in [-0.2, -0.15) is 0 Å². The highest BCUT2D eigenvalue weighted by atomic mass is 16.5. The van der Waals surface area contributed by atoms with E-state index in [4.69, 9.17) is 9.47 Å². The summed E-state index contributed by atoms with van der Waals surface area (Å²) in [6.07, 6.45) is -0.452. The van der Waals surface area contributed by atoms with Gasteiger partial charge in [0.25, 0.3) is 0 Å². The van der Waals surface area contributed by atoms with Gasteiger partial charge in [0.05, 0.1) is 5.92 Å². The van der Waals surface area contributed by atoms with Gasteiger partial charge in [-0.15, -0.1) is 0 Å². The van der Waals surface area contributed by atoms with Crippen molar-refractivity contribution in [1.82, 2.24) is 0 Å². The molecule has 1 aliphatic heterocycles. The molecule has 3 aromatic rings. The van der Waals surface area contributed by atoms with Crippen LogP contribution in [0.15, 0.2) is 72.8 Å². The molecule has 0 unspecified atom stereocenters. The Hall–Kier alpha value is -3.93. The lowest BCUT2D eigenvalue weighted by molar-refractivity contribution is -0.151. The number of hydrogen-bond acceptors (Lipinski definition) is 5. The minimum Gasteiger partial charge on any atom is -0.457 e. The van der Waals surface area contributed by atoms with Crippen molar-refractivity contribution in [2.45, 2.75) is 52.6 Å². The largest absolute Gasteiger partial charge is 0.457 e. The molecule has 1 heterocycles. The maximum atomic E-state index is 12.9. The van der Waals surface area contributed by atoms with E-state index in [9.17, 15) is 14.4 Å². The minimum absolute atomic E-state index is 0.0497. The molecule has 6 nitrogen and oxygen atoms in total. The first-order chi connectivity index (χ1) is 17.8. The molecular formula is C31H33NO5. The molecule has 1 amide bonds. The topological polar surface area (TPSA) is 72.9 Å². The molecule has 0 saturated carbocycles. The summed E-state index contributed by atoms with van der Waals surface area (Å²) in [6, 6.07) is 22.3. The van der Waals surface area contributed by atoms with Crippen LogP contribution in [0.4, 0.5) is 5.69 Å². The molecule has 0 N–H and O–H groups in total. The second-order valence-electron chi connectivity index (χ2n) is 9.76. The first-order valence-electron chi connectivity index (χ1n) is 12.8. The lowest BCUT2D eigenvalue weighted by Crippen LogP contribution is -2.31. The number of ether oxygens (including phenoxy) is 2. The lowest BCUT2D eigenvalue weighted by atomic mass is 10.0. The number of carbonyl (C=O) groups excluding carboxylic acids is 3. The Morgan fingerprint density at radius 3 is 2.35 bits per heavy atom. The molecule has 0 bridgehead atoms. The van der Waals surface area contributed by atoms with Crippen molar-refractivity contribution < 1.29 is 23.9 Å². The van der Waals surface area contributed by atoms with Gasteiger partial charge in [-0.05, 0) is 60.7 Å². The van der Waals surface area contributed by atoms with Crippen molar-refractivity contribution in [3.63, 3.8) is 0 Å². The third-order valence-corrected chi connectivity index (χ3v) is 6.61. The summed E-state index contributed by atoms with van der Waals surface area (Å²) in [7, 11) is 0. The molecule has 4 rings (SSSR count). The van der Waals surface area contributed by atoms with Gasteiger partial charge in [-0.1, -0.05) is 63.2 Å². The van der Waals surface area contributed by atoms with Crippen LogP contribution in [-0.4, -0.2) is 30.3 Å². The molecule has 37 heavy (non-hydrogen) atoms. The highest BCUT2D eigenvalue weighted by Crippen LogP contribution is 2.33. The summed E-state index contributed by atoms with van der Waals surface area (Å²) in [5.41, 5.74) is 3.43. The number of anilines is 1. The number of nitrogens with zero attached hydrogens (tertiary/aromatic N) is 1. The van der Waals surface area contributed by atoms with Crippen molar-refractivity contribution >= 4 is 23.3 Å². The number of amides is 1. The number of rotatable bonds is 9. The molecule has 1 aliphatic rings. The number of esters is 1. The van der Waals surface area contributed by atoms with E-state index in [-0.39, 0.29) is 24.7 Å². The zero-order chi connectivity index (χ0) is 26.5. The van der Waals surface area contributed by atoms with E-state index in [1.165, 1.54) is 0 Å². The molecule has 0 spiro atoms. The van der Waals surface area contributed by atoms with Crippen LogP contribution in [0.1, 0.15) is 61.0 Å². The number of ketones is 1. The molecule has 0 aromatic heterocycles. The summed E-state index contributed by atoms with van der Waals surface area (Å²) in [5, 5.41) is 0. The quantitative estimate of drug-likeness (QED) is 0.249. The Labute approximate surface area is 218 Å². The number of Topliss-reactive ketones (excluding diaryl/α,β-unsaturated/α-hetero) is 1. The first kappa shape index (κ1) is 26.1. The van der Waals surface area contributed by atoms with Gasteiger partial charge in [-0.3, -0.25) is 14.4 Å². The zero-order valence-electron chi connectivity index (χ0n) is 21.8. The third kappa shape index (κ3) is 6.08.